The van der Waals surface area contributed by atoms with Gasteiger partial charge in [-0.15, -0.1) is 0 Å². The van der Waals surface area contributed by atoms with E-state index in [2.05, 4.69) is 32.9 Å². The number of rotatable bonds is 5. The smallest absolute Gasteiger partial charge is 0.300 e. The second-order valence-electron chi connectivity index (χ2n) is 3.58. The molecule has 0 aliphatic rings. The molecule has 0 spiro atoms. The average Bonchev–Trinajstić information content (AvgIpc) is 2.02. The van der Waals surface area contributed by atoms with Gasteiger partial charge in [0, 0.05) is 5.75 Å². The summed E-state index contributed by atoms with van der Waals surface area (Å²) in [6.45, 7) is 6.39. The SMILES string of the molecule is CC(C)=CCC/C(C)=C/CSC(N)=[NH2+].[Br-]. The molecule has 0 unspecified atom stereocenters. The monoisotopic (exact) mass is 292 g/mol. The number of hydrogen-bond donors (Lipinski definition) is 2. The maximum atomic E-state index is 5.34. The largest absolute Gasteiger partial charge is 1.00 e. The molecule has 0 heterocycles. The second kappa shape index (κ2) is 10.3. The topological polar surface area (TPSA) is 51.6 Å². The van der Waals surface area contributed by atoms with Crippen LogP contribution in [-0.2, 0) is 0 Å². The first-order valence-electron chi connectivity index (χ1n) is 4.82. The van der Waals surface area contributed by atoms with E-state index in [0.29, 0.717) is 5.17 Å². The Kier molecular flexibility index (Phi) is 11.8. The number of halogens is 1. The molecule has 15 heavy (non-hydrogen) atoms. The second-order valence-corrected chi connectivity index (χ2v) is 4.68. The molecule has 0 saturated heterocycles. The van der Waals surface area contributed by atoms with Crippen molar-refractivity contribution in [1.29, 1.82) is 0 Å². The van der Waals surface area contributed by atoms with E-state index in [1.807, 2.05) is 0 Å². The lowest BCUT2D eigenvalue weighted by Crippen LogP contribution is -3.00. The Morgan fingerprint density at radius 2 is 1.87 bits per heavy atom. The van der Waals surface area contributed by atoms with E-state index in [1.54, 1.807) is 0 Å². The summed E-state index contributed by atoms with van der Waals surface area (Å²) in [4.78, 5) is 0. The van der Waals surface area contributed by atoms with Crippen LogP contribution < -0.4 is 28.1 Å². The summed E-state index contributed by atoms with van der Waals surface area (Å²) in [5.74, 6) is 0.878. The highest BCUT2D eigenvalue weighted by atomic mass is 79.9. The molecule has 0 rings (SSSR count). The molecule has 0 aliphatic heterocycles. The molecule has 0 aliphatic carbocycles. The van der Waals surface area contributed by atoms with Crippen LogP contribution in [-0.4, -0.2) is 10.9 Å². The van der Waals surface area contributed by atoms with E-state index in [9.17, 15) is 0 Å². The van der Waals surface area contributed by atoms with Crippen LogP contribution >= 0.6 is 11.8 Å². The Morgan fingerprint density at radius 1 is 1.27 bits per heavy atom. The first-order valence-corrected chi connectivity index (χ1v) is 5.80. The van der Waals surface area contributed by atoms with E-state index in [4.69, 9.17) is 11.1 Å². The van der Waals surface area contributed by atoms with Crippen molar-refractivity contribution in [2.75, 3.05) is 5.75 Å². The molecule has 0 atom stereocenters. The zero-order valence-electron chi connectivity index (χ0n) is 9.72. The predicted octanol–water partition coefficient (Wildman–Crippen LogP) is -1.51. The van der Waals surface area contributed by atoms with Gasteiger partial charge in [-0.3, -0.25) is 11.1 Å². The zero-order valence-corrected chi connectivity index (χ0v) is 12.1. The van der Waals surface area contributed by atoms with Crippen LogP contribution in [0.4, 0.5) is 0 Å². The molecule has 0 radical (unpaired) electrons. The van der Waals surface area contributed by atoms with Gasteiger partial charge in [-0.05, 0) is 45.4 Å². The van der Waals surface area contributed by atoms with E-state index in [0.717, 1.165) is 18.6 Å². The lowest BCUT2D eigenvalue weighted by atomic mass is 10.1. The molecule has 2 nitrogen and oxygen atoms in total. The lowest BCUT2D eigenvalue weighted by molar-refractivity contribution is -0.110. The van der Waals surface area contributed by atoms with E-state index in [1.165, 1.54) is 22.9 Å². The number of hydrogen-bond acceptors (Lipinski definition) is 1. The van der Waals surface area contributed by atoms with Crippen molar-refractivity contribution in [2.24, 2.45) is 5.73 Å². The Balaban J connectivity index is 0. The van der Waals surface area contributed by atoms with Gasteiger partial charge in [0.15, 0.2) is 0 Å². The normalized spacial score (nSPS) is 10.5. The molecular formula is C11H21BrN2S. The van der Waals surface area contributed by atoms with Crippen LogP contribution in [0.3, 0.4) is 0 Å². The fourth-order valence-electron chi connectivity index (χ4n) is 0.971. The molecule has 0 fully saturated rings. The summed E-state index contributed by atoms with van der Waals surface area (Å²) >= 11 is 1.48. The van der Waals surface area contributed by atoms with Gasteiger partial charge in [0.05, 0.1) is 0 Å². The minimum absolute atomic E-state index is 0. The number of nitrogens with two attached hydrogens (primary N) is 2. The van der Waals surface area contributed by atoms with E-state index in [-0.39, 0.29) is 17.0 Å². The maximum Gasteiger partial charge on any atom is 0.300 e. The van der Waals surface area contributed by atoms with Crippen molar-refractivity contribution in [1.82, 2.24) is 0 Å². The van der Waals surface area contributed by atoms with Crippen LogP contribution in [0.25, 0.3) is 0 Å². The first-order chi connectivity index (χ1) is 6.52. The fourth-order valence-corrected chi connectivity index (χ4v) is 1.53. The molecule has 0 aromatic rings. The molecule has 88 valence electrons. The molecular weight excluding hydrogens is 272 g/mol. The Bertz CT molecular complexity index is 243. The van der Waals surface area contributed by atoms with Crippen LogP contribution in [0.5, 0.6) is 0 Å². The van der Waals surface area contributed by atoms with E-state index >= 15 is 0 Å². The molecule has 0 saturated carbocycles. The lowest BCUT2D eigenvalue weighted by Gasteiger charge is -1.97. The average molecular weight is 293 g/mol. The van der Waals surface area contributed by atoms with Crippen molar-refractivity contribution < 1.29 is 22.4 Å². The minimum atomic E-state index is 0. The van der Waals surface area contributed by atoms with Gasteiger partial charge in [0.2, 0.25) is 0 Å². The number of thioether (sulfide) groups is 1. The standard InChI is InChI=1S/C11H20N2S.BrH/c1-9(2)5-4-6-10(3)7-8-14-11(12)13;/h5,7H,4,6,8H2,1-3H3,(H3,12,13);1H/b10-7+;. The minimum Gasteiger partial charge on any atom is -1.00 e. The van der Waals surface area contributed by atoms with Crippen LogP contribution in [0.1, 0.15) is 33.6 Å². The predicted molar refractivity (Wildman–Crippen MR) is 66.0 cm³/mol. The Hall–Kier alpha value is -0.220. The fraction of sp³-hybridized carbons (Fsp3) is 0.545. The number of allylic oxidation sites excluding steroid dienone is 3. The van der Waals surface area contributed by atoms with Gasteiger partial charge < -0.3 is 17.0 Å². The van der Waals surface area contributed by atoms with Crippen molar-refractivity contribution in [3.63, 3.8) is 0 Å². The van der Waals surface area contributed by atoms with Gasteiger partial charge >= 0.3 is 0 Å². The highest BCUT2D eigenvalue weighted by Gasteiger charge is 1.94. The molecule has 0 aromatic carbocycles. The van der Waals surface area contributed by atoms with Gasteiger partial charge in [-0.25, -0.2) is 0 Å². The molecule has 0 aromatic heterocycles. The van der Waals surface area contributed by atoms with Gasteiger partial charge in [-0.2, -0.15) is 0 Å². The van der Waals surface area contributed by atoms with Crippen molar-refractivity contribution in [2.45, 2.75) is 33.6 Å². The molecule has 0 amide bonds. The van der Waals surface area contributed by atoms with Crippen LogP contribution in [0.15, 0.2) is 23.3 Å². The van der Waals surface area contributed by atoms with Gasteiger partial charge in [-0.1, -0.05) is 23.3 Å². The Morgan fingerprint density at radius 3 is 2.33 bits per heavy atom. The van der Waals surface area contributed by atoms with Gasteiger partial charge in [0.1, 0.15) is 0 Å². The third-order valence-corrected chi connectivity index (χ3v) is 2.44. The van der Waals surface area contributed by atoms with Crippen molar-refractivity contribution >= 4 is 16.9 Å². The van der Waals surface area contributed by atoms with Gasteiger partial charge in [0.25, 0.3) is 5.17 Å². The van der Waals surface area contributed by atoms with Crippen LogP contribution in [0, 0.1) is 0 Å². The summed E-state index contributed by atoms with van der Waals surface area (Å²) in [5, 5.41) is 5.78. The summed E-state index contributed by atoms with van der Waals surface area (Å²) < 4.78 is 0. The summed E-state index contributed by atoms with van der Waals surface area (Å²) in [6.07, 6.45) is 6.69. The van der Waals surface area contributed by atoms with Crippen molar-refractivity contribution in [3.05, 3.63) is 23.3 Å². The third kappa shape index (κ3) is 13.8. The maximum absolute atomic E-state index is 5.34. The molecule has 4 heteroatoms. The van der Waals surface area contributed by atoms with Crippen LogP contribution in [0.2, 0.25) is 0 Å². The quantitative estimate of drug-likeness (QED) is 0.368. The Labute approximate surface area is 108 Å². The summed E-state index contributed by atoms with van der Waals surface area (Å²) in [6, 6.07) is 0. The molecule has 0 bridgehead atoms. The van der Waals surface area contributed by atoms with Crippen molar-refractivity contribution in [3.8, 4) is 0 Å². The summed E-state index contributed by atoms with van der Waals surface area (Å²) in [5.41, 5.74) is 8.12. The zero-order chi connectivity index (χ0) is 11.0. The first kappa shape index (κ1) is 17.2. The molecule has 4 N–H and O–H groups in total. The highest BCUT2D eigenvalue weighted by Crippen LogP contribution is 2.08. The summed E-state index contributed by atoms with van der Waals surface area (Å²) in [7, 11) is 0. The van der Waals surface area contributed by atoms with E-state index < -0.39 is 0 Å². The highest BCUT2D eigenvalue weighted by molar-refractivity contribution is 8.13. The number of amidine groups is 1. The third-order valence-electron chi connectivity index (χ3n) is 1.77.